The highest BCUT2D eigenvalue weighted by atomic mass is 16.3. The summed E-state index contributed by atoms with van der Waals surface area (Å²) in [6.45, 7) is 4.47. The lowest BCUT2D eigenvalue weighted by Crippen LogP contribution is -2.54. The molecule has 1 aromatic rings. The quantitative estimate of drug-likeness (QED) is 0.905. The molecule has 1 aromatic heterocycles. The van der Waals surface area contributed by atoms with Crippen molar-refractivity contribution >= 4 is 11.6 Å². The van der Waals surface area contributed by atoms with Crippen LogP contribution < -0.4 is 4.90 Å². The average molecular weight is 306 g/mol. The molecule has 2 aliphatic rings. The highest BCUT2D eigenvalue weighted by Gasteiger charge is 2.36. The van der Waals surface area contributed by atoms with Crippen LogP contribution in [-0.2, 0) is 11.8 Å². The molecule has 2 saturated heterocycles. The molecule has 0 aromatic carbocycles. The van der Waals surface area contributed by atoms with Gasteiger partial charge in [-0.3, -0.25) is 14.4 Å². The number of carbonyl (C=O) groups is 1. The number of aliphatic hydroxyl groups is 1. The van der Waals surface area contributed by atoms with Crippen LogP contribution in [0, 0.1) is 5.92 Å². The number of anilines is 1. The highest BCUT2D eigenvalue weighted by Crippen LogP contribution is 2.27. The van der Waals surface area contributed by atoms with Gasteiger partial charge in [0.15, 0.2) is 0 Å². The summed E-state index contributed by atoms with van der Waals surface area (Å²) < 4.78 is 1.74. The minimum absolute atomic E-state index is 0.0103. The van der Waals surface area contributed by atoms with Gasteiger partial charge in [0.05, 0.1) is 24.0 Å². The summed E-state index contributed by atoms with van der Waals surface area (Å²) in [7, 11) is 1.87. The van der Waals surface area contributed by atoms with Gasteiger partial charge in [-0.15, -0.1) is 0 Å². The Morgan fingerprint density at radius 2 is 2.00 bits per heavy atom. The first-order valence-corrected chi connectivity index (χ1v) is 8.28. The van der Waals surface area contributed by atoms with Crippen molar-refractivity contribution < 1.29 is 9.90 Å². The van der Waals surface area contributed by atoms with Crippen LogP contribution in [0.25, 0.3) is 0 Å². The molecule has 2 unspecified atom stereocenters. The van der Waals surface area contributed by atoms with Crippen LogP contribution in [0.15, 0.2) is 12.4 Å². The van der Waals surface area contributed by atoms with Gasteiger partial charge in [0.25, 0.3) is 0 Å². The molecule has 0 aliphatic carbocycles. The number of aryl methyl sites for hydroxylation is 1. The number of hydrogen-bond acceptors (Lipinski definition) is 4. The van der Waals surface area contributed by atoms with Crippen LogP contribution in [0.3, 0.4) is 0 Å². The first-order chi connectivity index (χ1) is 10.6. The maximum atomic E-state index is 12.8. The summed E-state index contributed by atoms with van der Waals surface area (Å²) in [6, 6.07) is -0.0103. The Bertz CT molecular complexity index is 520. The molecule has 3 rings (SSSR count). The zero-order valence-corrected chi connectivity index (χ0v) is 13.5. The number of likely N-dealkylation sites (tertiary alicyclic amines) is 1. The summed E-state index contributed by atoms with van der Waals surface area (Å²) in [6.07, 6.45) is 7.36. The van der Waals surface area contributed by atoms with Gasteiger partial charge >= 0.3 is 0 Å². The van der Waals surface area contributed by atoms with E-state index in [1.807, 2.05) is 25.1 Å². The molecular weight excluding hydrogens is 280 g/mol. The van der Waals surface area contributed by atoms with Gasteiger partial charge in [-0.25, -0.2) is 0 Å². The third-order valence-corrected chi connectivity index (χ3v) is 5.11. The van der Waals surface area contributed by atoms with Gasteiger partial charge in [0, 0.05) is 19.8 Å². The van der Waals surface area contributed by atoms with Crippen LogP contribution in [0.1, 0.15) is 32.6 Å². The highest BCUT2D eigenvalue weighted by molar-refractivity contribution is 5.97. The Labute approximate surface area is 131 Å². The van der Waals surface area contributed by atoms with Crippen LogP contribution in [-0.4, -0.2) is 57.5 Å². The number of amides is 1. The van der Waals surface area contributed by atoms with Gasteiger partial charge in [-0.2, -0.15) is 5.10 Å². The molecule has 0 spiro atoms. The second-order valence-electron chi connectivity index (χ2n) is 6.63. The number of aromatic nitrogens is 2. The number of hydrogen-bond donors (Lipinski definition) is 1. The number of aliphatic hydroxyl groups excluding tert-OH is 1. The smallest absolute Gasteiger partial charge is 0.244 e. The van der Waals surface area contributed by atoms with Crippen LogP contribution in [0.4, 0.5) is 5.69 Å². The minimum atomic E-state index is -0.240. The van der Waals surface area contributed by atoms with Crippen molar-refractivity contribution in [3.63, 3.8) is 0 Å². The van der Waals surface area contributed by atoms with E-state index in [0.29, 0.717) is 5.92 Å². The second kappa shape index (κ2) is 6.38. The van der Waals surface area contributed by atoms with Crippen LogP contribution in [0.5, 0.6) is 0 Å². The maximum Gasteiger partial charge on any atom is 0.244 e. The molecule has 0 radical (unpaired) electrons. The molecule has 22 heavy (non-hydrogen) atoms. The van der Waals surface area contributed by atoms with Crippen LogP contribution >= 0.6 is 0 Å². The van der Waals surface area contributed by atoms with Crippen molar-refractivity contribution in [3.05, 3.63) is 12.4 Å². The first-order valence-electron chi connectivity index (χ1n) is 8.28. The summed E-state index contributed by atoms with van der Waals surface area (Å²) in [5, 5.41) is 13.9. The number of piperidine rings is 2. The molecule has 1 amide bonds. The van der Waals surface area contributed by atoms with E-state index in [0.717, 1.165) is 51.0 Å². The van der Waals surface area contributed by atoms with Crippen molar-refractivity contribution in [2.75, 3.05) is 24.5 Å². The van der Waals surface area contributed by atoms with Crippen molar-refractivity contribution in [1.82, 2.24) is 14.7 Å². The molecule has 2 atom stereocenters. The largest absolute Gasteiger partial charge is 0.393 e. The Hall–Kier alpha value is -1.40. The van der Waals surface area contributed by atoms with Crippen molar-refractivity contribution in [3.8, 4) is 0 Å². The number of nitrogens with zero attached hydrogens (tertiary/aromatic N) is 4. The van der Waals surface area contributed by atoms with Crippen molar-refractivity contribution in [2.45, 2.75) is 44.8 Å². The molecule has 1 N–H and O–H groups in total. The third kappa shape index (κ3) is 3.03. The van der Waals surface area contributed by atoms with E-state index in [2.05, 4.69) is 10.00 Å². The van der Waals surface area contributed by atoms with E-state index in [1.165, 1.54) is 0 Å². The monoisotopic (exact) mass is 306 g/mol. The Balaban J connectivity index is 1.66. The minimum Gasteiger partial charge on any atom is -0.393 e. The topological polar surface area (TPSA) is 61.6 Å². The lowest BCUT2D eigenvalue weighted by atomic mass is 9.90. The second-order valence-corrected chi connectivity index (χ2v) is 6.63. The summed E-state index contributed by atoms with van der Waals surface area (Å²) in [5.74, 6) is 0.583. The Morgan fingerprint density at radius 3 is 2.59 bits per heavy atom. The zero-order chi connectivity index (χ0) is 15.7. The fraction of sp³-hybridized carbons (Fsp3) is 0.750. The molecule has 2 aliphatic heterocycles. The molecule has 6 heteroatoms. The summed E-state index contributed by atoms with van der Waals surface area (Å²) in [5.41, 5.74) is 0.899. The predicted molar refractivity (Wildman–Crippen MR) is 84.6 cm³/mol. The van der Waals surface area contributed by atoms with Gasteiger partial charge in [-0.05, 0) is 51.6 Å². The average Bonchev–Trinajstić information content (AvgIpc) is 2.94. The Kier molecular flexibility index (Phi) is 4.49. The van der Waals surface area contributed by atoms with E-state index < -0.39 is 0 Å². The van der Waals surface area contributed by atoms with E-state index in [9.17, 15) is 9.90 Å². The normalized spacial score (nSPS) is 26.4. The van der Waals surface area contributed by atoms with E-state index in [-0.39, 0.29) is 18.1 Å². The van der Waals surface area contributed by atoms with Crippen molar-refractivity contribution in [2.24, 2.45) is 13.0 Å². The maximum absolute atomic E-state index is 12.8. The summed E-state index contributed by atoms with van der Waals surface area (Å²) in [4.78, 5) is 17.0. The molecule has 0 saturated carbocycles. The van der Waals surface area contributed by atoms with Gasteiger partial charge in [-0.1, -0.05) is 0 Å². The molecule has 3 heterocycles. The third-order valence-electron chi connectivity index (χ3n) is 5.11. The molecule has 2 fully saturated rings. The zero-order valence-electron chi connectivity index (χ0n) is 13.5. The molecule has 122 valence electrons. The summed E-state index contributed by atoms with van der Waals surface area (Å²) >= 11 is 0. The van der Waals surface area contributed by atoms with Crippen molar-refractivity contribution in [1.29, 1.82) is 0 Å². The number of carbonyl (C=O) groups excluding carboxylic acids is 1. The number of rotatable bonds is 3. The SMILES string of the molecule is CC(O)C1CCN(C2CCCN(c3cnn(C)c3)C2=O)CC1. The standard InChI is InChI=1S/C16H26N4O2/c1-12(21)13-5-8-19(9-6-13)15-4-3-7-20(16(15)22)14-10-17-18(2)11-14/h10-13,15,21H,3-9H2,1-2H3. The predicted octanol–water partition coefficient (Wildman–Crippen LogP) is 1.01. The molecule has 0 bridgehead atoms. The van der Waals surface area contributed by atoms with Gasteiger partial charge in [0.2, 0.25) is 5.91 Å². The molecular formula is C16H26N4O2. The first kappa shape index (κ1) is 15.5. The Morgan fingerprint density at radius 1 is 1.27 bits per heavy atom. The van der Waals surface area contributed by atoms with Gasteiger partial charge < -0.3 is 10.0 Å². The van der Waals surface area contributed by atoms with E-state index >= 15 is 0 Å². The lowest BCUT2D eigenvalue weighted by molar-refractivity contribution is -0.126. The fourth-order valence-electron chi connectivity index (χ4n) is 3.71. The fourth-order valence-corrected chi connectivity index (χ4v) is 3.71. The van der Waals surface area contributed by atoms with Gasteiger partial charge in [0.1, 0.15) is 0 Å². The molecule has 6 nitrogen and oxygen atoms in total. The van der Waals surface area contributed by atoms with E-state index in [1.54, 1.807) is 10.9 Å². The van der Waals surface area contributed by atoms with E-state index in [4.69, 9.17) is 0 Å². The van der Waals surface area contributed by atoms with Crippen LogP contribution in [0.2, 0.25) is 0 Å². The lowest BCUT2D eigenvalue weighted by Gasteiger charge is -2.41.